The second-order valence-electron chi connectivity index (χ2n) is 3.80. The highest BCUT2D eigenvalue weighted by atomic mass is 32.1. The first-order valence-electron chi connectivity index (χ1n) is 5.15. The number of Topliss-reactive ketones (excluding diaryl/α,β-unsaturated/α-hetero) is 1. The van der Waals surface area contributed by atoms with Crippen LogP contribution in [0.4, 0.5) is 5.82 Å². The maximum atomic E-state index is 12.2. The molecule has 0 aliphatic carbocycles. The van der Waals surface area contributed by atoms with Gasteiger partial charge in [0, 0.05) is 11.1 Å². The number of hydrogen-bond acceptors (Lipinski definition) is 5. The zero-order chi connectivity index (χ0) is 12.4. The Hall–Kier alpha value is -1.72. The second-order valence-corrected chi connectivity index (χ2v) is 4.78. The number of pyridine rings is 1. The van der Waals surface area contributed by atoms with E-state index in [0.717, 1.165) is 10.4 Å². The summed E-state index contributed by atoms with van der Waals surface area (Å²) in [6.45, 7) is 1.86. The van der Waals surface area contributed by atoms with Crippen LogP contribution in [0.1, 0.15) is 26.8 Å². The number of nitrogens with zero attached hydrogens (tertiary/aromatic N) is 1. The van der Waals surface area contributed by atoms with Crippen LogP contribution in [0, 0.1) is 6.92 Å². The Morgan fingerprint density at radius 3 is 2.94 bits per heavy atom. The molecule has 0 saturated heterocycles. The molecule has 0 aliphatic heterocycles. The summed E-state index contributed by atoms with van der Waals surface area (Å²) >= 11 is 1.46. The van der Waals surface area contributed by atoms with Crippen molar-refractivity contribution in [2.75, 3.05) is 5.73 Å². The highest BCUT2D eigenvalue weighted by Crippen LogP contribution is 2.23. The molecule has 88 valence electrons. The predicted octanol–water partition coefficient (Wildman–Crippen LogP) is 1.92. The van der Waals surface area contributed by atoms with Gasteiger partial charge in [-0.3, -0.25) is 4.79 Å². The third kappa shape index (κ3) is 2.35. The smallest absolute Gasteiger partial charge is 0.188 e. The van der Waals surface area contributed by atoms with Crippen molar-refractivity contribution in [2.45, 2.75) is 13.0 Å². The maximum absolute atomic E-state index is 12.2. The van der Waals surface area contributed by atoms with Crippen LogP contribution in [-0.2, 0) is 0 Å². The number of carbonyl (C=O) groups excluding carboxylic acids is 1. The van der Waals surface area contributed by atoms with Crippen LogP contribution in [0.2, 0.25) is 0 Å². The summed E-state index contributed by atoms with van der Waals surface area (Å²) < 4.78 is 0. The number of rotatable bonds is 3. The Morgan fingerprint density at radius 2 is 2.29 bits per heavy atom. The Labute approximate surface area is 103 Å². The average Bonchev–Trinajstić information content (AvgIpc) is 2.84. The van der Waals surface area contributed by atoms with Crippen LogP contribution < -0.4 is 11.5 Å². The molecule has 2 heterocycles. The summed E-state index contributed by atoms with van der Waals surface area (Å²) in [5, 5.41) is 1.89. The normalized spacial score (nSPS) is 12.4. The molecule has 4 nitrogen and oxygen atoms in total. The number of carbonyl (C=O) groups is 1. The lowest BCUT2D eigenvalue weighted by Crippen LogP contribution is -2.22. The number of nitrogens with two attached hydrogens (primary N) is 2. The van der Waals surface area contributed by atoms with Crippen LogP contribution in [0.5, 0.6) is 0 Å². The molecule has 2 rings (SSSR count). The van der Waals surface area contributed by atoms with E-state index in [-0.39, 0.29) is 11.6 Å². The topological polar surface area (TPSA) is 82.0 Å². The SMILES string of the molecule is Cc1cnc(N)c(C(=O)C(N)c2cccs2)c1. The Kier molecular flexibility index (Phi) is 3.21. The van der Waals surface area contributed by atoms with Gasteiger partial charge >= 0.3 is 0 Å². The third-order valence-corrected chi connectivity index (χ3v) is 3.41. The summed E-state index contributed by atoms with van der Waals surface area (Å²) in [6, 6.07) is 4.76. The molecule has 0 aliphatic rings. The fourth-order valence-electron chi connectivity index (χ4n) is 1.54. The van der Waals surface area contributed by atoms with E-state index in [4.69, 9.17) is 11.5 Å². The number of aromatic nitrogens is 1. The van der Waals surface area contributed by atoms with Crippen LogP contribution in [0.15, 0.2) is 29.8 Å². The molecule has 0 saturated carbocycles. The van der Waals surface area contributed by atoms with E-state index < -0.39 is 6.04 Å². The number of thiophene rings is 1. The van der Waals surface area contributed by atoms with Crippen LogP contribution >= 0.6 is 11.3 Å². The second kappa shape index (κ2) is 4.65. The van der Waals surface area contributed by atoms with Gasteiger partial charge in [-0.1, -0.05) is 6.07 Å². The summed E-state index contributed by atoms with van der Waals surface area (Å²) in [4.78, 5) is 17.0. The zero-order valence-corrected chi connectivity index (χ0v) is 10.2. The molecule has 0 radical (unpaired) electrons. The van der Waals surface area contributed by atoms with Crippen molar-refractivity contribution in [1.29, 1.82) is 0 Å². The zero-order valence-electron chi connectivity index (χ0n) is 9.38. The molecule has 0 amide bonds. The molecule has 1 unspecified atom stereocenters. The molecular formula is C12H13N3OS. The standard InChI is InChI=1S/C12H13N3OS/c1-7-5-8(12(14)15-6-7)11(16)10(13)9-3-2-4-17-9/h2-6,10H,13H2,1H3,(H2,14,15). The molecule has 2 aromatic heterocycles. The van der Waals surface area contributed by atoms with Crippen LogP contribution in [0.3, 0.4) is 0 Å². The quantitative estimate of drug-likeness (QED) is 0.812. The fourth-order valence-corrected chi connectivity index (χ4v) is 2.27. The summed E-state index contributed by atoms with van der Waals surface area (Å²) in [5.74, 6) is 0.0359. The largest absolute Gasteiger partial charge is 0.383 e. The van der Waals surface area contributed by atoms with Crippen LogP contribution in [0.25, 0.3) is 0 Å². The number of aryl methyl sites for hydroxylation is 1. The van der Waals surface area contributed by atoms with Gasteiger partial charge in [0.05, 0.1) is 5.56 Å². The lowest BCUT2D eigenvalue weighted by atomic mass is 10.0. The minimum absolute atomic E-state index is 0.193. The lowest BCUT2D eigenvalue weighted by Gasteiger charge is -2.10. The van der Waals surface area contributed by atoms with Gasteiger partial charge in [-0.2, -0.15) is 0 Å². The van der Waals surface area contributed by atoms with Crippen molar-refractivity contribution in [3.8, 4) is 0 Å². The number of nitrogen functional groups attached to an aromatic ring is 1. The number of ketones is 1. The van der Waals surface area contributed by atoms with Gasteiger partial charge in [-0.05, 0) is 30.0 Å². The summed E-state index contributed by atoms with van der Waals surface area (Å²) in [5.41, 5.74) is 12.9. The van der Waals surface area contributed by atoms with Gasteiger partial charge in [0.1, 0.15) is 11.9 Å². The predicted molar refractivity (Wildman–Crippen MR) is 69.0 cm³/mol. The highest BCUT2D eigenvalue weighted by molar-refractivity contribution is 7.10. The van der Waals surface area contributed by atoms with Gasteiger partial charge in [0.2, 0.25) is 0 Å². The molecule has 17 heavy (non-hydrogen) atoms. The molecule has 0 spiro atoms. The van der Waals surface area contributed by atoms with E-state index in [0.29, 0.717) is 5.56 Å². The van der Waals surface area contributed by atoms with Gasteiger partial charge in [-0.25, -0.2) is 4.98 Å². The van der Waals surface area contributed by atoms with Crippen molar-refractivity contribution >= 4 is 22.9 Å². The van der Waals surface area contributed by atoms with Gasteiger partial charge in [-0.15, -0.1) is 11.3 Å². The Balaban J connectivity index is 2.34. The summed E-state index contributed by atoms with van der Waals surface area (Å²) in [7, 11) is 0. The first-order chi connectivity index (χ1) is 8.09. The molecule has 4 N–H and O–H groups in total. The minimum atomic E-state index is -0.666. The lowest BCUT2D eigenvalue weighted by molar-refractivity contribution is 0.0963. The van der Waals surface area contributed by atoms with Crippen molar-refractivity contribution in [2.24, 2.45) is 5.73 Å². The molecule has 2 aromatic rings. The minimum Gasteiger partial charge on any atom is -0.383 e. The highest BCUT2D eigenvalue weighted by Gasteiger charge is 2.21. The Bertz CT molecular complexity index is 537. The van der Waals surface area contributed by atoms with Crippen molar-refractivity contribution < 1.29 is 4.79 Å². The first kappa shape index (κ1) is 11.8. The van der Waals surface area contributed by atoms with Crippen LogP contribution in [-0.4, -0.2) is 10.8 Å². The summed E-state index contributed by atoms with van der Waals surface area (Å²) in [6.07, 6.45) is 1.63. The van der Waals surface area contributed by atoms with E-state index in [9.17, 15) is 4.79 Å². The average molecular weight is 247 g/mol. The molecule has 0 aromatic carbocycles. The van der Waals surface area contributed by atoms with Gasteiger partial charge in [0.15, 0.2) is 5.78 Å². The molecule has 0 fully saturated rings. The van der Waals surface area contributed by atoms with E-state index >= 15 is 0 Å². The number of hydrogen-bond donors (Lipinski definition) is 2. The first-order valence-corrected chi connectivity index (χ1v) is 6.03. The van der Waals surface area contributed by atoms with E-state index in [2.05, 4.69) is 4.98 Å². The molecule has 0 bridgehead atoms. The number of anilines is 1. The maximum Gasteiger partial charge on any atom is 0.188 e. The third-order valence-electron chi connectivity index (χ3n) is 2.45. The molecule has 5 heteroatoms. The van der Waals surface area contributed by atoms with Crippen molar-refractivity contribution in [1.82, 2.24) is 4.98 Å². The van der Waals surface area contributed by atoms with Crippen molar-refractivity contribution in [3.63, 3.8) is 0 Å². The Morgan fingerprint density at radius 1 is 1.53 bits per heavy atom. The fraction of sp³-hybridized carbons (Fsp3) is 0.167. The van der Waals surface area contributed by atoms with Gasteiger partial charge < -0.3 is 11.5 Å². The van der Waals surface area contributed by atoms with Gasteiger partial charge in [0.25, 0.3) is 0 Å². The van der Waals surface area contributed by atoms with Crippen molar-refractivity contribution in [3.05, 3.63) is 45.8 Å². The van der Waals surface area contributed by atoms with E-state index in [1.165, 1.54) is 11.3 Å². The molecular weight excluding hydrogens is 234 g/mol. The molecule has 1 atom stereocenters. The van der Waals surface area contributed by atoms with E-state index in [1.807, 2.05) is 24.4 Å². The monoisotopic (exact) mass is 247 g/mol. The van der Waals surface area contributed by atoms with E-state index in [1.54, 1.807) is 12.3 Å².